The zero-order valence-electron chi connectivity index (χ0n) is 41.2. The summed E-state index contributed by atoms with van der Waals surface area (Å²) in [6.45, 7) is 12.6. The van der Waals surface area contributed by atoms with Crippen LogP contribution in [-0.4, -0.2) is 138 Å². The Labute approximate surface area is 400 Å². The number of pyridine rings is 1. The monoisotopic (exact) mass is 929 g/mol. The summed E-state index contributed by atoms with van der Waals surface area (Å²) in [6, 6.07) is 15.8. The number of aromatic nitrogens is 2. The van der Waals surface area contributed by atoms with Gasteiger partial charge in [-0.05, 0) is 105 Å². The first-order chi connectivity index (χ1) is 32.5. The topological polar surface area (TPSA) is 159 Å². The fourth-order valence-electron chi connectivity index (χ4n) is 9.94. The molecule has 0 aliphatic carbocycles. The Kier molecular flexibility index (Phi) is 15.7. The Bertz CT molecular complexity index is 2590. The minimum absolute atomic E-state index is 0.136. The van der Waals surface area contributed by atoms with Gasteiger partial charge in [0.15, 0.2) is 0 Å². The van der Waals surface area contributed by atoms with Crippen LogP contribution in [0.2, 0.25) is 0 Å². The van der Waals surface area contributed by atoms with Crippen molar-refractivity contribution in [1.29, 1.82) is 0 Å². The lowest BCUT2D eigenvalue weighted by molar-refractivity contribution is -0.155. The maximum atomic E-state index is 14.7. The number of carbonyl (C=O) groups is 5. The molecule has 5 heterocycles. The van der Waals surface area contributed by atoms with E-state index in [9.17, 15) is 24.0 Å². The Balaban J connectivity index is 1.24. The summed E-state index contributed by atoms with van der Waals surface area (Å²) in [5.74, 6) is 2.83. The third kappa shape index (κ3) is 11.1. The molecular weight excluding hydrogens is 861 g/mol. The summed E-state index contributed by atoms with van der Waals surface area (Å²) in [7, 11) is 7.03. The number of hydrazine groups is 1. The summed E-state index contributed by atoms with van der Waals surface area (Å²) >= 11 is 0. The van der Waals surface area contributed by atoms with Gasteiger partial charge in [-0.1, -0.05) is 63.9 Å². The van der Waals surface area contributed by atoms with Gasteiger partial charge in [0.05, 0.1) is 37.1 Å². The molecule has 4 amide bonds. The van der Waals surface area contributed by atoms with Crippen LogP contribution in [0.25, 0.3) is 33.3 Å². The quantitative estimate of drug-likeness (QED) is 0.162. The molecule has 2 N–H and O–H groups in total. The lowest BCUT2D eigenvalue weighted by Crippen LogP contribution is -2.62. The molecule has 2 aromatic heterocycles. The van der Waals surface area contributed by atoms with Gasteiger partial charge in [0.25, 0.3) is 11.8 Å². The third-order valence-corrected chi connectivity index (χ3v) is 13.3. The van der Waals surface area contributed by atoms with E-state index in [1.54, 1.807) is 25.3 Å². The van der Waals surface area contributed by atoms with Crippen molar-refractivity contribution in [3.8, 4) is 34.2 Å². The van der Waals surface area contributed by atoms with Crippen LogP contribution in [0.5, 0.6) is 0 Å². The number of likely N-dealkylation sites (tertiary alicyclic amines) is 1. The zero-order valence-corrected chi connectivity index (χ0v) is 41.2. The second kappa shape index (κ2) is 21.5. The normalized spacial score (nSPS) is 20.1. The SMILES string of the molecule is CCn1c(-c2cccnc2COC)c2c3cc(ccc31)-c1cccc(c1)C[C@H](NC(=O)[C@H](C(C)C)N(C)C(=O)[C@H]1CCN(C(=O)C#CCN(C)C)C1)C(=O)N1CCC[C@H](N1)C(=O)OCC(C)(C)C2. The van der Waals surface area contributed by atoms with Gasteiger partial charge in [-0.15, -0.1) is 0 Å². The molecule has 2 aromatic carbocycles. The molecule has 4 aromatic rings. The van der Waals surface area contributed by atoms with Crippen molar-refractivity contribution >= 4 is 40.5 Å². The van der Waals surface area contributed by atoms with Crippen LogP contribution in [0, 0.1) is 29.1 Å². The molecule has 68 heavy (non-hydrogen) atoms. The molecule has 15 nitrogen and oxygen atoms in total. The molecule has 2 fully saturated rings. The highest BCUT2D eigenvalue weighted by molar-refractivity contribution is 5.97. The van der Waals surface area contributed by atoms with E-state index in [0.29, 0.717) is 58.5 Å². The standard InChI is InChI=1S/C53H68N8O7/c1-10-60-45-21-20-37-29-40(45)41(48(60)39-17-12-23-54-44(39)32-67-9)30-53(4,5)33-68-52(66)42-18-13-25-61(56-42)51(65)43(28-35-15-11-16-36(37)27-35)55-49(63)47(34(2)3)58(8)50(64)38-22-26-59(31-38)46(62)19-14-24-57(6)7/h11-12,15-17,20-21,23,27,29,34,38,42-43,47,56H,10,13,18,22,24-26,28,30-33H2,1-9H3,(H,55,63)/t38-,42-,43-,47-/m0/s1. The van der Waals surface area contributed by atoms with Gasteiger partial charge < -0.3 is 29.2 Å². The van der Waals surface area contributed by atoms with Crippen LogP contribution < -0.4 is 10.7 Å². The third-order valence-electron chi connectivity index (χ3n) is 13.3. The highest BCUT2D eigenvalue weighted by Crippen LogP contribution is 2.41. The highest BCUT2D eigenvalue weighted by Gasteiger charge is 2.40. The van der Waals surface area contributed by atoms with E-state index in [1.807, 2.05) is 51.0 Å². The number of nitrogens with zero attached hydrogens (tertiary/aromatic N) is 6. The van der Waals surface area contributed by atoms with Gasteiger partial charge in [-0.25, -0.2) is 5.43 Å². The average Bonchev–Trinajstić information content (AvgIpc) is 3.93. The van der Waals surface area contributed by atoms with Gasteiger partial charge in [0.2, 0.25) is 11.8 Å². The van der Waals surface area contributed by atoms with Crippen molar-refractivity contribution in [3.05, 3.63) is 77.6 Å². The van der Waals surface area contributed by atoms with Crippen molar-refractivity contribution in [1.82, 2.24) is 40.0 Å². The number of amides is 4. The summed E-state index contributed by atoms with van der Waals surface area (Å²) < 4.78 is 14.1. The number of nitrogens with one attached hydrogen (secondary N) is 2. The summed E-state index contributed by atoms with van der Waals surface area (Å²) in [4.78, 5) is 79.8. The smallest absolute Gasteiger partial charge is 0.324 e. The number of likely N-dealkylation sites (N-methyl/N-ethyl adjacent to an activating group) is 1. The number of cyclic esters (lactones) is 1. The lowest BCUT2D eigenvalue weighted by Gasteiger charge is -2.37. The molecule has 6 bridgehead atoms. The summed E-state index contributed by atoms with van der Waals surface area (Å²) in [5, 5.41) is 5.58. The molecule has 15 heteroatoms. The number of hydrogen-bond acceptors (Lipinski definition) is 10. The van der Waals surface area contributed by atoms with Crippen molar-refractivity contribution < 1.29 is 33.4 Å². The maximum absolute atomic E-state index is 14.7. The number of ether oxygens (including phenoxy) is 2. The number of fused-ring (bicyclic) bond motifs is 6. The number of aryl methyl sites for hydroxylation is 1. The zero-order chi connectivity index (χ0) is 48.9. The maximum Gasteiger partial charge on any atom is 0.324 e. The highest BCUT2D eigenvalue weighted by atomic mass is 16.5. The van der Waals surface area contributed by atoms with Crippen molar-refractivity contribution in [2.45, 2.75) is 98.0 Å². The lowest BCUT2D eigenvalue weighted by atomic mass is 9.84. The molecule has 0 unspecified atom stereocenters. The van der Waals surface area contributed by atoms with E-state index >= 15 is 0 Å². The molecule has 362 valence electrons. The number of methoxy groups -OCH3 is 1. The second-order valence-corrected chi connectivity index (χ2v) is 19.9. The minimum Gasteiger partial charge on any atom is -0.464 e. The first-order valence-corrected chi connectivity index (χ1v) is 23.9. The second-order valence-electron chi connectivity index (χ2n) is 19.9. The molecule has 0 radical (unpaired) electrons. The first-order valence-electron chi connectivity index (χ1n) is 23.9. The molecule has 0 saturated carbocycles. The van der Waals surface area contributed by atoms with Crippen molar-refractivity contribution in [3.63, 3.8) is 0 Å². The van der Waals surface area contributed by atoms with Gasteiger partial charge in [-0.2, -0.15) is 0 Å². The van der Waals surface area contributed by atoms with E-state index in [4.69, 9.17) is 14.5 Å². The Hall–Kier alpha value is -6.08. The molecule has 3 aliphatic rings. The van der Waals surface area contributed by atoms with Crippen LogP contribution in [0.1, 0.15) is 70.7 Å². The van der Waals surface area contributed by atoms with Crippen molar-refractivity contribution in [2.24, 2.45) is 17.3 Å². The minimum atomic E-state index is -1.06. The van der Waals surface area contributed by atoms with Gasteiger partial charge in [0, 0.05) is 74.8 Å². The number of benzene rings is 2. The number of carbonyl (C=O) groups excluding carboxylic acids is 5. The van der Waals surface area contributed by atoms with Gasteiger partial charge in [0.1, 0.15) is 18.1 Å². The summed E-state index contributed by atoms with van der Waals surface area (Å²) in [6.07, 6.45) is 3.99. The predicted octanol–water partition coefficient (Wildman–Crippen LogP) is 5.08. The van der Waals surface area contributed by atoms with Crippen LogP contribution in [0.4, 0.5) is 0 Å². The molecule has 2 saturated heterocycles. The number of hydrogen-bond donors (Lipinski definition) is 2. The Morgan fingerprint density at radius 2 is 1.81 bits per heavy atom. The number of rotatable bonds is 10. The van der Waals surface area contributed by atoms with E-state index in [2.05, 4.69) is 84.3 Å². The molecular formula is C53H68N8O7. The molecule has 0 spiro atoms. The van der Waals surface area contributed by atoms with E-state index in [1.165, 1.54) is 9.91 Å². The molecule has 3 aliphatic heterocycles. The Morgan fingerprint density at radius 1 is 1.03 bits per heavy atom. The van der Waals surface area contributed by atoms with Crippen LogP contribution in [-0.2, 0) is 59.4 Å². The first kappa shape index (κ1) is 49.8. The Morgan fingerprint density at radius 3 is 2.54 bits per heavy atom. The number of esters is 1. The fourth-order valence-corrected chi connectivity index (χ4v) is 9.94. The predicted molar refractivity (Wildman–Crippen MR) is 261 cm³/mol. The van der Waals surface area contributed by atoms with E-state index in [-0.39, 0.29) is 37.3 Å². The van der Waals surface area contributed by atoms with Crippen LogP contribution >= 0.6 is 0 Å². The summed E-state index contributed by atoms with van der Waals surface area (Å²) in [5.41, 5.74) is 10.5. The largest absolute Gasteiger partial charge is 0.464 e. The van der Waals surface area contributed by atoms with E-state index in [0.717, 1.165) is 50.1 Å². The molecule has 4 atom stereocenters. The molecule has 7 rings (SSSR count). The van der Waals surface area contributed by atoms with E-state index < -0.39 is 47.2 Å². The van der Waals surface area contributed by atoms with Gasteiger partial charge >= 0.3 is 5.97 Å². The van der Waals surface area contributed by atoms with Gasteiger partial charge in [-0.3, -0.25) is 38.9 Å². The fraction of sp³-hybridized carbons (Fsp3) is 0.509. The van der Waals surface area contributed by atoms with Crippen molar-refractivity contribution in [2.75, 3.05) is 61.0 Å². The average molecular weight is 929 g/mol. The van der Waals surface area contributed by atoms with Crippen LogP contribution in [0.15, 0.2) is 60.8 Å². The van der Waals surface area contributed by atoms with Crippen LogP contribution in [0.3, 0.4) is 0 Å².